The number of ether oxygens (including phenoxy) is 2. The topological polar surface area (TPSA) is 93.7 Å². The summed E-state index contributed by atoms with van der Waals surface area (Å²) < 4.78 is 50.0. The van der Waals surface area contributed by atoms with Gasteiger partial charge in [0.2, 0.25) is 15.9 Å². The highest BCUT2D eigenvalue weighted by molar-refractivity contribution is 7.89. The van der Waals surface area contributed by atoms with E-state index < -0.39 is 28.3 Å². The third-order valence-electron chi connectivity index (χ3n) is 3.52. The fraction of sp³-hybridized carbons (Fsp3) is 0.235. The smallest absolute Gasteiger partial charge is 0.241 e. The first-order chi connectivity index (χ1) is 12.3. The van der Waals surface area contributed by atoms with Gasteiger partial charge in [0.15, 0.2) is 11.5 Å². The Morgan fingerprint density at radius 2 is 1.77 bits per heavy atom. The van der Waals surface area contributed by atoms with Gasteiger partial charge < -0.3 is 14.8 Å². The van der Waals surface area contributed by atoms with Gasteiger partial charge in [-0.25, -0.2) is 17.5 Å². The van der Waals surface area contributed by atoms with Crippen molar-refractivity contribution in [1.29, 1.82) is 0 Å². The zero-order valence-electron chi connectivity index (χ0n) is 14.5. The molecular weight excluding hydrogens is 363 g/mol. The Labute approximate surface area is 151 Å². The summed E-state index contributed by atoms with van der Waals surface area (Å²) in [4.78, 5) is 11.9. The number of halogens is 1. The minimum atomic E-state index is -3.94. The molecule has 0 unspecified atom stereocenters. The number of rotatable bonds is 7. The predicted molar refractivity (Wildman–Crippen MR) is 94.5 cm³/mol. The summed E-state index contributed by atoms with van der Waals surface area (Å²) in [6.45, 7) is 0.995. The average molecular weight is 382 g/mol. The van der Waals surface area contributed by atoms with Gasteiger partial charge in [-0.1, -0.05) is 0 Å². The van der Waals surface area contributed by atoms with E-state index in [1.807, 2.05) is 0 Å². The van der Waals surface area contributed by atoms with E-state index in [9.17, 15) is 17.6 Å². The van der Waals surface area contributed by atoms with E-state index in [2.05, 4.69) is 10.0 Å². The van der Waals surface area contributed by atoms with Crippen LogP contribution in [0.5, 0.6) is 11.5 Å². The minimum absolute atomic E-state index is 0.0854. The Kier molecular flexibility index (Phi) is 6.17. The third kappa shape index (κ3) is 4.70. The Bertz CT molecular complexity index is 915. The van der Waals surface area contributed by atoms with Crippen LogP contribution in [-0.4, -0.2) is 35.1 Å². The molecule has 9 heteroatoms. The van der Waals surface area contributed by atoms with E-state index in [0.717, 1.165) is 18.2 Å². The normalized spacial score (nSPS) is 11.1. The highest BCUT2D eigenvalue weighted by Crippen LogP contribution is 2.29. The molecule has 0 aliphatic carbocycles. The maximum absolute atomic E-state index is 13.1. The number of anilines is 1. The summed E-state index contributed by atoms with van der Waals surface area (Å²) in [5.41, 5.74) is 0.669. The Hall–Kier alpha value is -2.65. The molecule has 140 valence electrons. The van der Waals surface area contributed by atoms with Crippen molar-refractivity contribution in [3.8, 4) is 11.5 Å². The maximum Gasteiger partial charge on any atom is 0.241 e. The number of aryl methyl sites for hydroxylation is 1. The molecule has 0 atom stereocenters. The second-order valence-electron chi connectivity index (χ2n) is 5.35. The fourth-order valence-corrected chi connectivity index (χ4v) is 3.48. The van der Waals surface area contributed by atoms with Gasteiger partial charge in [-0.2, -0.15) is 0 Å². The first-order valence-electron chi connectivity index (χ1n) is 7.54. The predicted octanol–water partition coefficient (Wildman–Crippen LogP) is 2.07. The molecule has 0 bridgehead atoms. The van der Waals surface area contributed by atoms with Gasteiger partial charge in [-0.15, -0.1) is 0 Å². The van der Waals surface area contributed by atoms with Crippen molar-refractivity contribution < 1.29 is 27.1 Å². The fourth-order valence-electron chi connectivity index (χ4n) is 2.27. The molecule has 0 saturated carbocycles. The standard InChI is InChI=1S/C17H19FN2O5S/c1-11-8-12(18)4-7-16(11)26(22,23)19-10-17(21)20-13-5-6-14(24-2)15(9-13)25-3/h4-9,19H,10H2,1-3H3,(H,20,21). The van der Waals surface area contributed by atoms with Crippen molar-refractivity contribution >= 4 is 21.6 Å². The molecule has 2 rings (SSSR count). The molecular formula is C17H19FN2O5S. The molecule has 7 nitrogen and oxygen atoms in total. The van der Waals surface area contributed by atoms with Gasteiger partial charge in [0.25, 0.3) is 0 Å². The number of carbonyl (C=O) groups is 1. The Balaban J connectivity index is 2.04. The Morgan fingerprint density at radius 1 is 1.08 bits per heavy atom. The van der Waals surface area contributed by atoms with Crippen LogP contribution in [0.25, 0.3) is 0 Å². The molecule has 2 aromatic carbocycles. The molecule has 0 aromatic heterocycles. The van der Waals surface area contributed by atoms with Crippen molar-refractivity contribution in [2.75, 3.05) is 26.1 Å². The van der Waals surface area contributed by atoms with Crippen LogP contribution >= 0.6 is 0 Å². The van der Waals surface area contributed by atoms with Gasteiger partial charge in [0.05, 0.1) is 25.7 Å². The van der Waals surface area contributed by atoms with Crippen molar-refractivity contribution in [3.63, 3.8) is 0 Å². The van der Waals surface area contributed by atoms with Gasteiger partial charge in [0.1, 0.15) is 5.82 Å². The van der Waals surface area contributed by atoms with Crippen LogP contribution in [0.3, 0.4) is 0 Å². The molecule has 0 spiro atoms. The first-order valence-corrected chi connectivity index (χ1v) is 9.03. The molecule has 26 heavy (non-hydrogen) atoms. The molecule has 1 amide bonds. The third-order valence-corrected chi connectivity index (χ3v) is 5.08. The summed E-state index contributed by atoms with van der Waals surface area (Å²) in [5.74, 6) is -0.181. The Morgan fingerprint density at radius 3 is 2.38 bits per heavy atom. The van der Waals surface area contributed by atoms with Crippen LogP contribution < -0.4 is 19.5 Å². The lowest BCUT2D eigenvalue weighted by atomic mass is 10.2. The monoisotopic (exact) mass is 382 g/mol. The molecule has 0 aliphatic heterocycles. The second kappa shape index (κ2) is 8.15. The quantitative estimate of drug-likeness (QED) is 0.765. The summed E-state index contributed by atoms with van der Waals surface area (Å²) in [5, 5.41) is 2.55. The van der Waals surface area contributed by atoms with E-state index in [1.54, 1.807) is 18.2 Å². The number of hydrogen-bond acceptors (Lipinski definition) is 5. The van der Waals surface area contributed by atoms with Gasteiger partial charge in [0, 0.05) is 11.8 Å². The van der Waals surface area contributed by atoms with Crippen LogP contribution in [0.4, 0.5) is 10.1 Å². The lowest BCUT2D eigenvalue weighted by Crippen LogP contribution is -2.33. The van der Waals surface area contributed by atoms with Gasteiger partial charge in [-0.05, 0) is 42.8 Å². The number of carbonyl (C=O) groups excluding carboxylic acids is 1. The van der Waals surface area contributed by atoms with Crippen LogP contribution in [0.1, 0.15) is 5.56 Å². The van der Waals surface area contributed by atoms with E-state index in [1.165, 1.54) is 21.1 Å². The van der Waals surface area contributed by atoms with E-state index in [4.69, 9.17) is 9.47 Å². The largest absolute Gasteiger partial charge is 0.493 e. The van der Waals surface area contributed by atoms with Crippen molar-refractivity contribution in [2.24, 2.45) is 0 Å². The number of benzene rings is 2. The number of nitrogens with one attached hydrogen (secondary N) is 2. The summed E-state index contributed by atoms with van der Waals surface area (Å²) in [6.07, 6.45) is 0. The summed E-state index contributed by atoms with van der Waals surface area (Å²) in [7, 11) is -0.991. The molecule has 0 fully saturated rings. The zero-order chi connectivity index (χ0) is 19.3. The molecule has 2 N–H and O–H groups in total. The second-order valence-corrected chi connectivity index (χ2v) is 7.09. The lowest BCUT2D eigenvalue weighted by molar-refractivity contribution is -0.115. The molecule has 0 saturated heterocycles. The molecule has 0 heterocycles. The van der Waals surface area contributed by atoms with E-state index in [0.29, 0.717) is 17.2 Å². The van der Waals surface area contributed by atoms with Crippen molar-refractivity contribution in [3.05, 3.63) is 47.8 Å². The SMILES string of the molecule is COc1ccc(NC(=O)CNS(=O)(=O)c2ccc(F)cc2C)cc1OC. The number of methoxy groups -OCH3 is 2. The highest BCUT2D eigenvalue weighted by Gasteiger charge is 2.18. The van der Waals surface area contributed by atoms with Gasteiger partial charge in [-0.3, -0.25) is 4.79 Å². The van der Waals surface area contributed by atoms with E-state index >= 15 is 0 Å². The van der Waals surface area contributed by atoms with Crippen molar-refractivity contribution in [2.45, 2.75) is 11.8 Å². The van der Waals surface area contributed by atoms with E-state index in [-0.39, 0.29) is 10.5 Å². The highest BCUT2D eigenvalue weighted by atomic mass is 32.2. The summed E-state index contributed by atoms with van der Waals surface area (Å²) in [6, 6.07) is 8.07. The molecule has 0 radical (unpaired) electrons. The molecule has 2 aromatic rings. The molecule has 0 aliphatic rings. The lowest BCUT2D eigenvalue weighted by Gasteiger charge is -2.12. The maximum atomic E-state index is 13.1. The van der Waals surface area contributed by atoms with Crippen LogP contribution in [0.2, 0.25) is 0 Å². The van der Waals surface area contributed by atoms with Gasteiger partial charge >= 0.3 is 0 Å². The summed E-state index contributed by atoms with van der Waals surface area (Å²) >= 11 is 0. The van der Waals surface area contributed by atoms with Crippen molar-refractivity contribution in [1.82, 2.24) is 4.72 Å². The van der Waals surface area contributed by atoms with Crippen LogP contribution in [0.15, 0.2) is 41.3 Å². The first kappa shape index (κ1) is 19.7. The van der Waals surface area contributed by atoms with Crippen LogP contribution in [-0.2, 0) is 14.8 Å². The average Bonchev–Trinajstić information content (AvgIpc) is 2.59. The zero-order valence-corrected chi connectivity index (χ0v) is 15.3. The van der Waals surface area contributed by atoms with Crippen LogP contribution in [0, 0.1) is 12.7 Å². The number of sulfonamides is 1. The minimum Gasteiger partial charge on any atom is -0.493 e. The number of amides is 1. The number of hydrogen-bond donors (Lipinski definition) is 2.